The Bertz CT molecular complexity index is 1090. The number of hydrogen-bond donors (Lipinski definition) is 3. The second kappa shape index (κ2) is 8.52. The van der Waals surface area contributed by atoms with Gasteiger partial charge in [-0.15, -0.1) is 0 Å². The number of aromatic nitrogens is 3. The summed E-state index contributed by atoms with van der Waals surface area (Å²) in [5.74, 6) is -0.392. The highest BCUT2D eigenvalue weighted by molar-refractivity contribution is 7.71. The van der Waals surface area contributed by atoms with Crippen molar-refractivity contribution in [3.05, 3.63) is 91.3 Å². The van der Waals surface area contributed by atoms with Crippen LogP contribution in [-0.4, -0.2) is 27.1 Å². The first-order valence-corrected chi connectivity index (χ1v) is 8.65. The molecule has 2 aromatic heterocycles. The van der Waals surface area contributed by atoms with E-state index in [9.17, 15) is 9.59 Å². The summed E-state index contributed by atoms with van der Waals surface area (Å²) < 4.78 is 0.168. The standard InChI is InChI=1S/C18H14ClN5O2S/c19-13-3-1-11(2-4-13)9-14-15(22-18(27)23-17(14)26)10-21-24-16(25)12-5-7-20-8-6-12/h1-8,10H,9H2,(H,24,25)(H2,22,23,26,27). The highest BCUT2D eigenvalue weighted by atomic mass is 35.5. The number of halogens is 1. The van der Waals surface area contributed by atoms with E-state index in [4.69, 9.17) is 23.8 Å². The molecule has 1 amide bonds. The van der Waals surface area contributed by atoms with Crippen LogP contribution in [0.2, 0.25) is 5.02 Å². The Labute approximate surface area is 164 Å². The highest BCUT2D eigenvalue weighted by Gasteiger charge is 2.09. The van der Waals surface area contributed by atoms with E-state index in [1.807, 2.05) is 12.1 Å². The maximum Gasteiger partial charge on any atom is 0.271 e. The third kappa shape index (κ3) is 4.96. The summed E-state index contributed by atoms with van der Waals surface area (Å²) in [7, 11) is 0. The molecular formula is C18H14ClN5O2S. The van der Waals surface area contributed by atoms with Crippen LogP contribution < -0.4 is 11.0 Å². The number of pyridine rings is 1. The number of rotatable bonds is 5. The van der Waals surface area contributed by atoms with Crippen LogP contribution in [0.4, 0.5) is 0 Å². The molecule has 7 nitrogen and oxygen atoms in total. The Morgan fingerprint density at radius 2 is 1.89 bits per heavy atom. The molecule has 0 aliphatic heterocycles. The Morgan fingerprint density at radius 3 is 2.59 bits per heavy atom. The number of H-pyrrole nitrogens is 2. The third-order valence-corrected chi connectivity index (χ3v) is 4.13. The average Bonchev–Trinajstić information content (AvgIpc) is 2.66. The molecule has 0 aliphatic rings. The van der Waals surface area contributed by atoms with Crippen LogP contribution >= 0.6 is 23.8 Å². The molecule has 0 saturated carbocycles. The number of benzene rings is 1. The maximum absolute atomic E-state index is 12.3. The normalized spacial score (nSPS) is 10.9. The van der Waals surface area contributed by atoms with Gasteiger partial charge in [-0.1, -0.05) is 23.7 Å². The number of aromatic amines is 2. The Balaban J connectivity index is 1.84. The minimum atomic E-state index is -0.392. The zero-order chi connectivity index (χ0) is 19.2. The van der Waals surface area contributed by atoms with Gasteiger partial charge in [0.05, 0.1) is 11.9 Å². The minimum Gasteiger partial charge on any atom is -0.331 e. The molecule has 0 fully saturated rings. The number of amides is 1. The molecule has 27 heavy (non-hydrogen) atoms. The molecular weight excluding hydrogens is 386 g/mol. The molecule has 0 saturated heterocycles. The van der Waals surface area contributed by atoms with E-state index in [0.717, 1.165) is 5.56 Å². The lowest BCUT2D eigenvalue weighted by atomic mass is 10.1. The van der Waals surface area contributed by atoms with E-state index < -0.39 is 5.91 Å². The largest absolute Gasteiger partial charge is 0.331 e. The zero-order valence-corrected chi connectivity index (χ0v) is 15.5. The van der Waals surface area contributed by atoms with E-state index in [-0.39, 0.29) is 10.3 Å². The summed E-state index contributed by atoms with van der Waals surface area (Å²) in [4.78, 5) is 33.6. The first-order valence-electron chi connectivity index (χ1n) is 7.86. The summed E-state index contributed by atoms with van der Waals surface area (Å²) in [6, 6.07) is 10.3. The van der Waals surface area contributed by atoms with Crippen molar-refractivity contribution in [1.82, 2.24) is 20.4 Å². The van der Waals surface area contributed by atoms with Gasteiger partial charge in [0.25, 0.3) is 11.5 Å². The summed E-state index contributed by atoms with van der Waals surface area (Å²) >= 11 is 10.9. The van der Waals surface area contributed by atoms with Gasteiger partial charge in [0.1, 0.15) is 0 Å². The van der Waals surface area contributed by atoms with E-state index in [2.05, 4.69) is 25.5 Å². The lowest BCUT2D eigenvalue weighted by Gasteiger charge is -2.06. The zero-order valence-electron chi connectivity index (χ0n) is 13.9. The Kier molecular flexibility index (Phi) is 5.90. The van der Waals surface area contributed by atoms with Gasteiger partial charge in [-0.2, -0.15) is 5.10 Å². The van der Waals surface area contributed by atoms with E-state index >= 15 is 0 Å². The van der Waals surface area contributed by atoms with Crippen molar-refractivity contribution in [2.24, 2.45) is 5.10 Å². The van der Waals surface area contributed by atoms with Gasteiger partial charge < -0.3 is 4.98 Å². The number of nitrogens with zero attached hydrogens (tertiary/aromatic N) is 2. The molecule has 1 aromatic carbocycles. The third-order valence-electron chi connectivity index (χ3n) is 3.67. The molecule has 2 heterocycles. The van der Waals surface area contributed by atoms with Gasteiger partial charge >= 0.3 is 0 Å². The number of hydrazone groups is 1. The smallest absolute Gasteiger partial charge is 0.271 e. The monoisotopic (exact) mass is 399 g/mol. The van der Waals surface area contributed by atoms with Crippen molar-refractivity contribution in [3.8, 4) is 0 Å². The minimum absolute atomic E-state index is 0.168. The van der Waals surface area contributed by atoms with Crippen LogP contribution in [0.3, 0.4) is 0 Å². The van der Waals surface area contributed by atoms with Gasteiger partial charge in [-0.3, -0.25) is 19.6 Å². The second-order valence-electron chi connectivity index (χ2n) is 5.54. The first-order chi connectivity index (χ1) is 13.0. The lowest BCUT2D eigenvalue weighted by molar-refractivity contribution is 0.0955. The number of hydrogen-bond acceptors (Lipinski definition) is 5. The number of carbonyl (C=O) groups excluding carboxylic acids is 1. The fraction of sp³-hybridized carbons (Fsp3) is 0.0556. The van der Waals surface area contributed by atoms with E-state index in [1.54, 1.807) is 24.3 Å². The molecule has 0 atom stereocenters. The van der Waals surface area contributed by atoms with Crippen LogP contribution in [0.25, 0.3) is 0 Å². The first kappa shape index (κ1) is 18.7. The summed E-state index contributed by atoms with van der Waals surface area (Å²) in [6.07, 6.45) is 4.72. The quantitative estimate of drug-likeness (QED) is 0.348. The lowest BCUT2D eigenvalue weighted by Crippen LogP contribution is -2.20. The van der Waals surface area contributed by atoms with Crippen LogP contribution in [0.5, 0.6) is 0 Å². The number of nitrogens with one attached hydrogen (secondary N) is 3. The van der Waals surface area contributed by atoms with Crippen LogP contribution in [0.15, 0.2) is 58.7 Å². The van der Waals surface area contributed by atoms with Crippen molar-refractivity contribution >= 4 is 35.9 Å². The van der Waals surface area contributed by atoms with Gasteiger partial charge in [-0.05, 0) is 42.0 Å². The van der Waals surface area contributed by atoms with Crippen molar-refractivity contribution < 1.29 is 4.79 Å². The Hall–Kier alpha value is -3.10. The predicted molar refractivity (Wildman–Crippen MR) is 106 cm³/mol. The summed E-state index contributed by atoms with van der Waals surface area (Å²) in [5, 5.41) is 4.53. The Morgan fingerprint density at radius 1 is 1.19 bits per heavy atom. The molecule has 9 heteroatoms. The van der Waals surface area contributed by atoms with Crippen LogP contribution in [-0.2, 0) is 6.42 Å². The molecule has 0 radical (unpaired) electrons. The molecule has 136 valence electrons. The fourth-order valence-corrected chi connectivity index (χ4v) is 2.67. The predicted octanol–water partition coefficient (Wildman–Crippen LogP) is 2.84. The summed E-state index contributed by atoms with van der Waals surface area (Å²) in [5.41, 5.74) is 4.24. The van der Waals surface area contributed by atoms with Crippen LogP contribution in [0.1, 0.15) is 27.2 Å². The van der Waals surface area contributed by atoms with Gasteiger partial charge in [0, 0.05) is 35.0 Å². The fourth-order valence-electron chi connectivity index (χ4n) is 2.35. The average molecular weight is 400 g/mol. The maximum atomic E-state index is 12.3. The summed E-state index contributed by atoms with van der Waals surface area (Å²) in [6.45, 7) is 0. The van der Waals surface area contributed by atoms with Crippen molar-refractivity contribution in [1.29, 1.82) is 0 Å². The second-order valence-corrected chi connectivity index (χ2v) is 6.38. The molecule has 0 unspecified atom stereocenters. The molecule has 0 spiro atoms. The number of carbonyl (C=O) groups is 1. The van der Waals surface area contributed by atoms with Crippen molar-refractivity contribution in [3.63, 3.8) is 0 Å². The van der Waals surface area contributed by atoms with Crippen molar-refractivity contribution in [2.45, 2.75) is 6.42 Å². The van der Waals surface area contributed by atoms with E-state index in [1.165, 1.54) is 18.6 Å². The molecule has 0 bridgehead atoms. The van der Waals surface area contributed by atoms with Gasteiger partial charge in [0.2, 0.25) is 0 Å². The van der Waals surface area contributed by atoms with E-state index in [0.29, 0.717) is 28.3 Å². The molecule has 3 aromatic rings. The molecule has 3 rings (SSSR count). The van der Waals surface area contributed by atoms with Crippen molar-refractivity contribution in [2.75, 3.05) is 0 Å². The van der Waals surface area contributed by atoms with Gasteiger partial charge in [0.15, 0.2) is 4.77 Å². The SMILES string of the molecule is O=C(NN=Cc1[nH]c(=S)[nH]c(=O)c1Cc1ccc(Cl)cc1)c1ccncc1. The van der Waals surface area contributed by atoms with Crippen LogP contribution in [0, 0.1) is 4.77 Å². The highest BCUT2D eigenvalue weighted by Crippen LogP contribution is 2.13. The molecule has 3 N–H and O–H groups in total. The topological polar surface area (TPSA) is 103 Å². The van der Waals surface area contributed by atoms with Gasteiger partial charge in [-0.25, -0.2) is 5.43 Å². The molecule has 0 aliphatic carbocycles.